The lowest BCUT2D eigenvalue weighted by molar-refractivity contribution is 0.392. The van der Waals surface area contributed by atoms with Gasteiger partial charge in [0.1, 0.15) is 17.1 Å². The van der Waals surface area contributed by atoms with Crippen molar-refractivity contribution in [3.8, 4) is 11.5 Å². The van der Waals surface area contributed by atoms with Crippen molar-refractivity contribution in [1.29, 1.82) is 0 Å². The summed E-state index contributed by atoms with van der Waals surface area (Å²) in [6.45, 7) is 0. The normalized spacial score (nSPS) is 11.3. The van der Waals surface area contributed by atoms with Crippen LogP contribution in [0, 0.1) is 0 Å². The Labute approximate surface area is 156 Å². The van der Waals surface area contributed by atoms with E-state index in [-0.39, 0.29) is 5.63 Å². The molecule has 0 saturated heterocycles. The number of benzene rings is 3. The molecule has 3 aromatic carbocycles. The molecule has 0 aliphatic heterocycles. The lowest BCUT2D eigenvalue weighted by Gasteiger charge is -2.10. The van der Waals surface area contributed by atoms with E-state index >= 15 is 0 Å². The van der Waals surface area contributed by atoms with Crippen LogP contribution in [-0.4, -0.2) is 14.2 Å². The van der Waals surface area contributed by atoms with Crippen LogP contribution in [0.15, 0.2) is 69.9 Å². The van der Waals surface area contributed by atoms with Crippen LogP contribution in [0.3, 0.4) is 0 Å². The van der Waals surface area contributed by atoms with Gasteiger partial charge in [0.05, 0.1) is 19.8 Å². The second-order valence-corrected chi connectivity index (χ2v) is 6.09. The fourth-order valence-corrected chi connectivity index (χ4v) is 3.27. The Balaban J connectivity index is 1.92. The van der Waals surface area contributed by atoms with Gasteiger partial charge in [-0.3, -0.25) is 0 Å². The van der Waals surface area contributed by atoms with Crippen molar-refractivity contribution in [2.75, 3.05) is 14.2 Å². The Morgan fingerprint density at radius 1 is 0.815 bits per heavy atom. The Morgan fingerprint density at radius 3 is 2.30 bits per heavy atom. The number of rotatable bonds is 4. The van der Waals surface area contributed by atoms with Gasteiger partial charge < -0.3 is 13.9 Å². The number of methoxy groups -OCH3 is 2. The summed E-state index contributed by atoms with van der Waals surface area (Å²) >= 11 is 0. The molecular formula is C23H18O4. The van der Waals surface area contributed by atoms with Crippen LogP contribution in [0.4, 0.5) is 0 Å². The molecule has 0 spiro atoms. The second-order valence-electron chi connectivity index (χ2n) is 6.09. The molecule has 0 saturated carbocycles. The monoisotopic (exact) mass is 358 g/mol. The second kappa shape index (κ2) is 7.00. The molecule has 0 radical (unpaired) electrons. The molecule has 0 bridgehead atoms. The summed E-state index contributed by atoms with van der Waals surface area (Å²) in [5.41, 5.74) is 1.79. The molecule has 0 aliphatic rings. The lowest BCUT2D eigenvalue weighted by Crippen LogP contribution is -1.98. The van der Waals surface area contributed by atoms with Gasteiger partial charge in [0.15, 0.2) is 0 Å². The zero-order valence-corrected chi connectivity index (χ0v) is 15.1. The summed E-state index contributed by atoms with van der Waals surface area (Å²) in [5.74, 6) is 1.40. The van der Waals surface area contributed by atoms with Gasteiger partial charge in [-0.25, -0.2) is 4.79 Å². The third-order valence-corrected chi connectivity index (χ3v) is 4.56. The van der Waals surface area contributed by atoms with E-state index in [1.165, 1.54) is 6.07 Å². The van der Waals surface area contributed by atoms with E-state index in [1.807, 2.05) is 66.7 Å². The molecule has 0 unspecified atom stereocenters. The Hall–Kier alpha value is -3.53. The van der Waals surface area contributed by atoms with E-state index in [9.17, 15) is 4.79 Å². The number of hydrogen-bond donors (Lipinski definition) is 0. The van der Waals surface area contributed by atoms with Crippen LogP contribution in [-0.2, 0) is 0 Å². The Kier molecular flexibility index (Phi) is 4.38. The van der Waals surface area contributed by atoms with E-state index in [0.717, 1.165) is 27.3 Å². The molecule has 4 aromatic rings. The van der Waals surface area contributed by atoms with Crippen LogP contribution in [0.1, 0.15) is 11.1 Å². The van der Waals surface area contributed by atoms with Gasteiger partial charge >= 0.3 is 5.63 Å². The fourth-order valence-electron chi connectivity index (χ4n) is 3.27. The maximum Gasteiger partial charge on any atom is 0.336 e. The van der Waals surface area contributed by atoms with Gasteiger partial charge in [0.25, 0.3) is 0 Å². The topological polar surface area (TPSA) is 48.7 Å². The van der Waals surface area contributed by atoms with Gasteiger partial charge in [-0.2, -0.15) is 0 Å². The molecule has 1 aromatic heterocycles. The predicted molar refractivity (Wildman–Crippen MR) is 108 cm³/mol. The zero-order valence-electron chi connectivity index (χ0n) is 15.1. The van der Waals surface area contributed by atoms with Crippen LogP contribution in [0.2, 0.25) is 0 Å². The minimum atomic E-state index is -0.384. The summed E-state index contributed by atoms with van der Waals surface area (Å²) in [4.78, 5) is 12.2. The maximum absolute atomic E-state index is 12.2. The van der Waals surface area contributed by atoms with E-state index in [1.54, 1.807) is 14.2 Å². The first-order chi connectivity index (χ1) is 13.2. The standard InChI is InChI=1S/C23H18O4/c1-25-20-8-5-9-21(26-2)19(20)13-11-16-14-22(24)27-23-17-7-4-3-6-15(17)10-12-18(16)23/h3-14H,1-2H3/b13-11+. The average Bonchev–Trinajstić information content (AvgIpc) is 2.71. The Bertz CT molecular complexity index is 1200. The van der Waals surface area contributed by atoms with E-state index < -0.39 is 0 Å². The minimum Gasteiger partial charge on any atom is -0.496 e. The van der Waals surface area contributed by atoms with Gasteiger partial charge in [0, 0.05) is 16.8 Å². The number of fused-ring (bicyclic) bond motifs is 3. The quantitative estimate of drug-likeness (QED) is 0.375. The van der Waals surface area contributed by atoms with E-state index in [4.69, 9.17) is 13.9 Å². The highest BCUT2D eigenvalue weighted by Crippen LogP contribution is 2.32. The van der Waals surface area contributed by atoms with Crippen molar-refractivity contribution in [2.45, 2.75) is 0 Å². The molecule has 0 aliphatic carbocycles. The molecule has 0 fully saturated rings. The van der Waals surface area contributed by atoms with Crippen molar-refractivity contribution < 1.29 is 13.9 Å². The molecule has 4 heteroatoms. The fraction of sp³-hybridized carbons (Fsp3) is 0.0870. The highest BCUT2D eigenvalue weighted by Gasteiger charge is 2.09. The summed E-state index contributed by atoms with van der Waals surface area (Å²) in [5, 5.41) is 2.82. The van der Waals surface area contributed by atoms with Crippen LogP contribution >= 0.6 is 0 Å². The van der Waals surface area contributed by atoms with E-state index in [0.29, 0.717) is 17.1 Å². The maximum atomic E-state index is 12.2. The first-order valence-electron chi connectivity index (χ1n) is 8.56. The molecular weight excluding hydrogens is 340 g/mol. The van der Waals surface area contributed by atoms with E-state index in [2.05, 4.69) is 0 Å². The summed E-state index contributed by atoms with van der Waals surface area (Å²) in [6, 6.07) is 18.9. The third kappa shape index (κ3) is 3.06. The lowest BCUT2D eigenvalue weighted by atomic mass is 10.0. The van der Waals surface area contributed by atoms with Gasteiger partial charge in [-0.1, -0.05) is 42.5 Å². The predicted octanol–water partition coefficient (Wildman–Crippen LogP) is 5.13. The van der Waals surface area contributed by atoms with Crippen LogP contribution < -0.4 is 15.1 Å². The smallest absolute Gasteiger partial charge is 0.336 e. The summed E-state index contributed by atoms with van der Waals surface area (Å²) in [7, 11) is 3.23. The molecule has 27 heavy (non-hydrogen) atoms. The van der Waals surface area contributed by atoms with Crippen molar-refractivity contribution >= 4 is 33.9 Å². The highest BCUT2D eigenvalue weighted by molar-refractivity contribution is 6.06. The molecule has 4 rings (SSSR count). The summed E-state index contributed by atoms with van der Waals surface area (Å²) < 4.78 is 16.4. The van der Waals surface area contributed by atoms with Crippen LogP contribution in [0.5, 0.6) is 11.5 Å². The van der Waals surface area contributed by atoms with Gasteiger partial charge in [-0.15, -0.1) is 0 Å². The number of hydrogen-bond acceptors (Lipinski definition) is 4. The van der Waals surface area contributed by atoms with Crippen molar-refractivity contribution in [1.82, 2.24) is 0 Å². The van der Waals surface area contributed by atoms with Gasteiger partial charge in [0.2, 0.25) is 0 Å². The van der Waals surface area contributed by atoms with Crippen molar-refractivity contribution in [2.24, 2.45) is 0 Å². The molecule has 0 amide bonds. The highest BCUT2D eigenvalue weighted by atomic mass is 16.5. The average molecular weight is 358 g/mol. The first-order valence-corrected chi connectivity index (χ1v) is 8.56. The van der Waals surface area contributed by atoms with Crippen LogP contribution in [0.25, 0.3) is 33.9 Å². The SMILES string of the molecule is COc1cccc(OC)c1/C=C/c1cc(=O)oc2c1ccc1ccccc12. The van der Waals surface area contributed by atoms with Gasteiger partial charge in [-0.05, 0) is 35.2 Å². The Morgan fingerprint density at radius 2 is 1.56 bits per heavy atom. The van der Waals surface area contributed by atoms with Crippen molar-refractivity contribution in [3.05, 3.63) is 82.2 Å². The third-order valence-electron chi connectivity index (χ3n) is 4.56. The first kappa shape index (κ1) is 16.9. The zero-order chi connectivity index (χ0) is 18.8. The number of ether oxygens (including phenoxy) is 2. The molecule has 0 atom stereocenters. The molecule has 4 nitrogen and oxygen atoms in total. The summed E-state index contributed by atoms with van der Waals surface area (Å²) in [6.07, 6.45) is 3.77. The van der Waals surface area contributed by atoms with Crippen molar-refractivity contribution in [3.63, 3.8) is 0 Å². The molecule has 0 N–H and O–H groups in total. The minimum absolute atomic E-state index is 0.384. The molecule has 134 valence electrons. The molecule has 1 heterocycles. The largest absolute Gasteiger partial charge is 0.496 e.